The summed E-state index contributed by atoms with van der Waals surface area (Å²) in [5.41, 5.74) is 6.43. The van der Waals surface area contributed by atoms with Crippen molar-refractivity contribution < 1.29 is 0 Å². The van der Waals surface area contributed by atoms with Gasteiger partial charge in [-0.1, -0.05) is 42.5 Å². The van der Waals surface area contributed by atoms with Gasteiger partial charge in [0.25, 0.3) is 0 Å². The van der Waals surface area contributed by atoms with Crippen LogP contribution in [-0.4, -0.2) is 24.4 Å². The fourth-order valence-electron chi connectivity index (χ4n) is 3.14. The number of nitrogens with zero attached hydrogens (tertiary/aromatic N) is 2. The van der Waals surface area contributed by atoms with Crippen LogP contribution in [0.25, 0.3) is 0 Å². The molecule has 2 aromatic rings. The average Bonchev–Trinajstić information content (AvgIpc) is 2.70. The minimum Gasteiger partial charge on any atom is -0.372 e. The lowest BCUT2D eigenvalue weighted by atomic mass is 10.1. The highest BCUT2D eigenvalue weighted by Gasteiger charge is 2.10. The van der Waals surface area contributed by atoms with Gasteiger partial charge in [0.2, 0.25) is 0 Å². The molecule has 0 radical (unpaired) electrons. The number of anilines is 1. The summed E-state index contributed by atoms with van der Waals surface area (Å²) in [7, 11) is 0. The van der Waals surface area contributed by atoms with Crippen molar-refractivity contribution in [2.75, 3.05) is 18.0 Å². The summed E-state index contributed by atoms with van der Waals surface area (Å²) in [5, 5.41) is 7.99. The van der Waals surface area contributed by atoms with E-state index in [9.17, 15) is 0 Å². The summed E-state index contributed by atoms with van der Waals surface area (Å²) in [5.74, 6) is 0. The third-order valence-corrected chi connectivity index (χ3v) is 4.85. The van der Waals surface area contributed by atoms with Crippen LogP contribution in [0.1, 0.15) is 43.4 Å². The third kappa shape index (κ3) is 5.30. The van der Waals surface area contributed by atoms with E-state index >= 15 is 0 Å². The molecule has 4 nitrogen and oxygen atoms in total. The molecule has 0 amide bonds. The Bertz CT molecular complexity index is 721. The number of rotatable bonds is 5. The highest BCUT2D eigenvalue weighted by Crippen LogP contribution is 2.19. The molecule has 1 aliphatic rings. The summed E-state index contributed by atoms with van der Waals surface area (Å²) in [4.78, 5) is 2.45. The Hall–Kier alpha value is -2.40. The van der Waals surface area contributed by atoms with Crippen LogP contribution in [0.4, 0.5) is 5.69 Å². The molecule has 1 atom stereocenters. The van der Waals surface area contributed by atoms with E-state index in [1.165, 1.54) is 30.5 Å². The van der Waals surface area contributed by atoms with Gasteiger partial charge in [-0.05, 0) is 61.7 Å². The molecule has 0 aromatic heterocycles. The van der Waals surface area contributed by atoms with Crippen LogP contribution in [0.2, 0.25) is 0 Å². The number of thiocarbonyl (C=S) groups is 1. The Morgan fingerprint density at radius 1 is 1.04 bits per heavy atom. The van der Waals surface area contributed by atoms with E-state index in [-0.39, 0.29) is 6.04 Å². The molecule has 1 aliphatic heterocycles. The lowest BCUT2D eigenvalue weighted by Crippen LogP contribution is -2.34. The van der Waals surface area contributed by atoms with Gasteiger partial charge in [0, 0.05) is 18.8 Å². The minimum absolute atomic E-state index is 0.134. The normalized spacial score (nSPS) is 15.7. The number of nitrogens with one attached hydrogen (secondary N) is 2. The third-order valence-electron chi connectivity index (χ3n) is 4.64. The lowest BCUT2D eigenvalue weighted by Gasteiger charge is -2.28. The fourth-order valence-corrected chi connectivity index (χ4v) is 3.37. The molecular formula is C21H26N4S. The quantitative estimate of drug-likeness (QED) is 0.472. The van der Waals surface area contributed by atoms with Gasteiger partial charge in [0.05, 0.1) is 12.3 Å². The number of benzene rings is 2. The Labute approximate surface area is 161 Å². The molecule has 0 bridgehead atoms. The van der Waals surface area contributed by atoms with Crippen molar-refractivity contribution in [1.29, 1.82) is 0 Å². The number of hydrazone groups is 1. The van der Waals surface area contributed by atoms with Gasteiger partial charge in [-0.15, -0.1) is 0 Å². The number of piperidine rings is 1. The zero-order valence-corrected chi connectivity index (χ0v) is 16.0. The predicted octanol–water partition coefficient (Wildman–Crippen LogP) is 4.24. The van der Waals surface area contributed by atoms with Gasteiger partial charge < -0.3 is 10.2 Å². The minimum atomic E-state index is 0.134. The van der Waals surface area contributed by atoms with Gasteiger partial charge in [-0.2, -0.15) is 5.10 Å². The highest BCUT2D eigenvalue weighted by atomic mass is 32.1. The molecule has 1 heterocycles. The Morgan fingerprint density at radius 3 is 2.42 bits per heavy atom. The van der Waals surface area contributed by atoms with Crippen molar-refractivity contribution in [2.24, 2.45) is 5.10 Å². The van der Waals surface area contributed by atoms with Gasteiger partial charge >= 0.3 is 0 Å². The summed E-state index contributed by atoms with van der Waals surface area (Å²) >= 11 is 5.31. The molecular weight excluding hydrogens is 340 g/mol. The second-order valence-electron chi connectivity index (χ2n) is 6.62. The molecule has 1 saturated heterocycles. The zero-order chi connectivity index (χ0) is 18.2. The van der Waals surface area contributed by atoms with Crippen LogP contribution in [0.5, 0.6) is 0 Å². The second kappa shape index (κ2) is 9.34. The molecule has 0 saturated carbocycles. The van der Waals surface area contributed by atoms with Crippen LogP contribution >= 0.6 is 12.2 Å². The van der Waals surface area contributed by atoms with E-state index in [1.807, 2.05) is 18.2 Å². The van der Waals surface area contributed by atoms with Gasteiger partial charge in [-0.3, -0.25) is 5.43 Å². The largest absolute Gasteiger partial charge is 0.372 e. The van der Waals surface area contributed by atoms with Crippen molar-refractivity contribution in [3.8, 4) is 0 Å². The van der Waals surface area contributed by atoms with Gasteiger partial charge in [-0.25, -0.2) is 0 Å². The van der Waals surface area contributed by atoms with Crippen molar-refractivity contribution in [3.05, 3.63) is 65.7 Å². The monoisotopic (exact) mass is 366 g/mol. The van der Waals surface area contributed by atoms with Crippen molar-refractivity contribution in [2.45, 2.75) is 32.2 Å². The lowest BCUT2D eigenvalue weighted by molar-refractivity contribution is 0.578. The van der Waals surface area contributed by atoms with E-state index in [4.69, 9.17) is 12.2 Å². The summed E-state index contributed by atoms with van der Waals surface area (Å²) in [6.45, 7) is 4.40. The molecule has 0 aliphatic carbocycles. The first-order valence-corrected chi connectivity index (χ1v) is 9.63. The maximum absolute atomic E-state index is 5.31. The van der Waals surface area contributed by atoms with Crippen LogP contribution in [0, 0.1) is 0 Å². The van der Waals surface area contributed by atoms with E-state index in [1.54, 1.807) is 6.21 Å². The Balaban J connectivity index is 1.47. The predicted molar refractivity (Wildman–Crippen MR) is 114 cm³/mol. The summed E-state index contributed by atoms with van der Waals surface area (Å²) in [6, 6.07) is 18.9. The summed E-state index contributed by atoms with van der Waals surface area (Å²) < 4.78 is 0. The summed E-state index contributed by atoms with van der Waals surface area (Å²) in [6.07, 6.45) is 5.73. The highest BCUT2D eigenvalue weighted by molar-refractivity contribution is 7.80. The zero-order valence-electron chi connectivity index (χ0n) is 15.2. The molecule has 2 N–H and O–H groups in total. The maximum atomic E-state index is 5.31. The first-order chi connectivity index (χ1) is 12.7. The second-order valence-corrected chi connectivity index (χ2v) is 7.02. The Kier molecular flexibility index (Phi) is 6.61. The molecule has 5 heteroatoms. The van der Waals surface area contributed by atoms with Gasteiger partial charge in [0.1, 0.15) is 0 Å². The van der Waals surface area contributed by atoms with E-state index in [2.05, 4.69) is 64.1 Å². The first kappa shape index (κ1) is 18.4. The van der Waals surface area contributed by atoms with Crippen LogP contribution in [0.3, 0.4) is 0 Å². The molecule has 1 fully saturated rings. The number of hydrogen-bond acceptors (Lipinski definition) is 3. The molecule has 26 heavy (non-hydrogen) atoms. The van der Waals surface area contributed by atoms with Crippen molar-refractivity contribution >= 4 is 29.2 Å². The fraction of sp³-hybridized carbons (Fsp3) is 0.333. The van der Waals surface area contributed by atoms with E-state index < -0.39 is 0 Å². The molecule has 0 unspecified atom stereocenters. The van der Waals surface area contributed by atoms with Crippen molar-refractivity contribution in [1.82, 2.24) is 10.7 Å². The van der Waals surface area contributed by atoms with Gasteiger partial charge in [0.15, 0.2) is 5.11 Å². The first-order valence-electron chi connectivity index (χ1n) is 9.22. The molecule has 2 aromatic carbocycles. The van der Waals surface area contributed by atoms with Crippen LogP contribution in [-0.2, 0) is 0 Å². The number of hydrogen-bond donors (Lipinski definition) is 2. The van der Waals surface area contributed by atoms with Crippen LogP contribution < -0.4 is 15.6 Å². The van der Waals surface area contributed by atoms with E-state index in [0.717, 1.165) is 18.7 Å². The van der Waals surface area contributed by atoms with Crippen LogP contribution in [0.15, 0.2) is 59.7 Å². The molecule has 3 rings (SSSR count). The average molecular weight is 367 g/mol. The Morgan fingerprint density at radius 2 is 1.73 bits per heavy atom. The maximum Gasteiger partial charge on any atom is 0.187 e. The topological polar surface area (TPSA) is 39.7 Å². The molecule has 0 spiro atoms. The molecule has 136 valence electrons. The van der Waals surface area contributed by atoms with Crippen molar-refractivity contribution in [3.63, 3.8) is 0 Å². The SMILES string of the molecule is C[C@H](NC(=S)N/N=C/c1ccc(N2CCCCC2)cc1)c1ccccc1. The van der Waals surface area contributed by atoms with E-state index in [0.29, 0.717) is 5.11 Å². The standard InChI is InChI=1S/C21H26N4S/c1-17(19-8-4-2-5-9-19)23-21(26)24-22-16-18-10-12-20(13-11-18)25-14-6-3-7-15-25/h2,4-5,8-13,16-17H,3,6-7,14-15H2,1H3,(H2,23,24,26)/b22-16+/t17-/m0/s1. The smallest absolute Gasteiger partial charge is 0.187 e.